The van der Waals surface area contributed by atoms with Crippen molar-refractivity contribution in [1.29, 1.82) is 0 Å². The molecule has 0 fully saturated rings. The molecule has 0 saturated carbocycles. The number of carbonyl (C=O) groups is 1. The molecule has 1 unspecified atom stereocenters. The number of nitrogens with zero attached hydrogens (tertiary/aromatic N) is 2. The maximum absolute atomic E-state index is 10.4. The molecule has 5 heteroatoms. The van der Waals surface area contributed by atoms with Crippen molar-refractivity contribution in [3.05, 3.63) is 34.9 Å². The minimum Gasteiger partial charge on any atom is -0.480 e. The second-order valence-corrected chi connectivity index (χ2v) is 3.81. The number of aliphatic carboxylic acids is 1. The van der Waals surface area contributed by atoms with Gasteiger partial charge >= 0.3 is 5.97 Å². The number of azo groups is 1. The predicted octanol–water partition coefficient (Wildman–Crippen LogP) is 2.81. The average molecular weight is 241 g/mol. The van der Waals surface area contributed by atoms with E-state index in [0.717, 1.165) is 12.0 Å². The smallest absolute Gasteiger partial charge is 0.330 e. The van der Waals surface area contributed by atoms with Crippen LogP contribution in [0.25, 0.3) is 0 Å². The van der Waals surface area contributed by atoms with Crippen LogP contribution >= 0.6 is 11.6 Å². The van der Waals surface area contributed by atoms with Gasteiger partial charge in [0, 0.05) is 5.02 Å². The number of hydrogen-bond acceptors (Lipinski definition) is 3. The first kappa shape index (κ1) is 12.6. The summed E-state index contributed by atoms with van der Waals surface area (Å²) in [7, 11) is 0. The molecule has 1 rings (SSSR count). The quantitative estimate of drug-likeness (QED) is 0.805. The molecular formula is C11H13ClN2O2. The summed E-state index contributed by atoms with van der Waals surface area (Å²) in [6, 6.07) is 6.68. The molecule has 1 atom stereocenters. The molecule has 4 nitrogen and oxygen atoms in total. The van der Waals surface area contributed by atoms with E-state index in [1.165, 1.54) is 6.92 Å². The lowest BCUT2D eigenvalue weighted by Crippen LogP contribution is -2.12. The van der Waals surface area contributed by atoms with Gasteiger partial charge in [-0.3, -0.25) is 0 Å². The molecule has 0 spiro atoms. The van der Waals surface area contributed by atoms with Crippen molar-refractivity contribution in [2.24, 2.45) is 10.2 Å². The van der Waals surface area contributed by atoms with Crippen LogP contribution in [0.3, 0.4) is 0 Å². The van der Waals surface area contributed by atoms with Crippen molar-refractivity contribution in [2.75, 3.05) is 6.54 Å². The number of hydrogen-bond donors (Lipinski definition) is 1. The normalized spacial score (nSPS) is 12.9. The maximum Gasteiger partial charge on any atom is 0.330 e. The van der Waals surface area contributed by atoms with Gasteiger partial charge in [-0.05, 0) is 31.0 Å². The Kier molecular flexibility index (Phi) is 4.92. The first-order valence-electron chi connectivity index (χ1n) is 4.93. The SMILES string of the molecule is CC(N=NCCc1ccc(Cl)cc1)C(=O)O. The number of halogens is 1. The third-order valence-corrected chi connectivity index (χ3v) is 2.28. The van der Waals surface area contributed by atoms with Gasteiger partial charge in [-0.15, -0.1) is 0 Å². The van der Waals surface area contributed by atoms with Gasteiger partial charge in [0.25, 0.3) is 0 Å². The van der Waals surface area contributed by atoms with Gasteiger partial charge in [0.15, 0.2) is 6.04 Å². The summed E-state index contributed by atoms with van der Waals surface area (Å²) < 4.78 is 0. The molecule has 16 heavy (non-hydrogen) atoms. The number of benzene rings is 1. The summed E-state index contributed by atoms with van der Waals surface area (Å²) in [5, 5.41) is 16.7. The fourth-order valence-corrected chi connectivity index (χ4v) is 1.19. The number of carboxylic acids is 1. The summed E-state index contributed by atoms with van der Waals surface area (Å²) in [6.07, 6.45) is 0.729. The fourth-order valence-electron chi connectivity index (χ4n) is 1.06. The van der Waals surface area contributed by atoms with Crippen LogP contribution < -0.4 is 0 Å². The highest BCUT2D eigenvalue weighted by molar-refractivity contribution is 6.30. The summed E-state index contributed by atoms with van der Waals surface area (Å²) in [6.45, 7) is 1.98. The van der Waals surface area contributed by atoms with Gasteiger partial charge in [-0.1, -0.05) is 23.7 Å². The van der Waals surface area contributed by atoms with Gasteiger partial charge in [-0.25, -0.2) is 4.79 Å². The molecule has 0 saturated heterocycles. The first-order chi connectivity index (χ1) is 7.59. The average Bonchev–Trinajstić information content (AvgIpc) is 2.26. The Morgan fingerprint density at radius 1 is 1.44 bits per heavy atom. The van der Waals surface area contributed by atoms with Gasteiger partial charge in [0.2, 0.25) is 0 Å². The second-order valence-electron chi connectivity index (χ2n) is 3.37. The Morgan fingerprint density at radius 2 is 2.06 bits per heavy atom. The van der Waals surface area contributed by atoms with Gasteiger partial charge in [-0.2, -0.15) is 10.2 Å². The van der Waals surface area contributed by atoms with E-state index < -0.39 is 12.0 Å². The van der Waals surface area contributed by atoms with E-state index in [9.17, 15) is 4.79 Å². The topological polar surface area (TPSA) is 62.0 Å². The van der Waals surface area contributed by atoms with Crippen LogP contribution in [0, 0.1) is 0 Å². The Morgan fingerprint density at radius 3 is 2.62 bits per heavy atom. The van der Waals surface area contributed by atoms with Crippen LogP contribution in [0.2, 0.25) is 5.02 Å². The van der Waals surface area contributed by atoms with Crippen molar-refractivity contribution in [1.82, 2.24) is 0 Å². The van der Waals surface area contributed by atoms with Crippen molar-refractivity contribution < 1.29 is 9.90 Å². The van der Waals surface area contributed by atoms with Crippen LogP contribution in [0.15, 0.2) is 34.5 Å². The van der Waals surface area contributed by atoms with Crippen LogP contribution in [-0.2, 0) is 11.2 Å². The third-order valence-electron chi connectivity index (χ3n) is 2.03. The van der Waals surface area contributed by atoms with Crippen LogP contribution in [0.5, 0.6) is 0 Å². The molecule has 0 aliphatic rings. The lowest BCUT2D eigenvalue weighted by Gasteiger charge is -1.99. The maximum atomic E-state index is 10.4. The van der Waals surface area contributed by atoms with Crippen molar-refractivity contribution in [3.63, 3.8) is 0 Å². The molecular weight excluding hydrogens is 228 g/mol. The lowest BCUT2D eigenvalue weighted by molar-refractivity contribution is -0.138. The molecule has 0 aliphatic carbocycles. The zero-order valence-electron chi connectivity index (χ0n) is 8.93. The van der Waals surface area contributed by atoms with Gasteiger partial charge < -0.3 is 5.11 Å². The second kappa shape index (κ2) is 6.23. The monoisotopic (exact) mass is 240 g/mol. The van der Waals surface area contributed by atoms with E-state index in [1.54, 1.807) is 0 Å². The van der Waals surface area contributed by atoms with Crippen LogP contribution in [0.1, 0.15) is 12.5 Å². The van der Waals surface area contributed by atoms with Gasteiger partial charge in [0.1, 0.15) is 0 Å². The Balaban J connectivity index is 2.35. The third kappa shape index (κ3) is 4.40. The zero-order valence-corrected chi connectivity index (χ0v) is 9.68. The molecule has 86 valence electrons. The summed E-state index contributed by atoms with van der Waals surface area (Å²) in [4.78, 5) is 10.4. The molecule has 1 aromatic rings. The first-order valence-corrected chi connectivity index (χ1v) is 5.31. The highest BCUT2D eigenvalue weighted by atomic mass is 35.5. The molecule has 1 N–H and O–H groups in total. The number of rotatable bonds is 5. The number of carboxylic acid groups (broad SMARTS) is 1. The fraction of sp³-hybridized carbons (Fsp3) is 0.364. The predicted molar refractivity (Wildman–Crippen MR) is 62.0 cm³/mol. The lowest BCUT2D eigenvalue weighted by atomic mass is 10.2. The van der Waals surface area contributed by atoms with E-state index in [4.69, 9.17) is 16.7 Å². The molecule has 0 aromatic heterocycles. The highest BCUT2D eigenvalue weighted by Crippen LogP contribution is 2.09. The molecule has 0 bridgehead atoms. The Labute approximate surface area is 99.0 Å². The molecule has 1 aromatic carbocycles. The van der Waals surface area contributed by atoms with Crippen LogP contribution in [-0.4, -0.2) is 23.7 Å². The summed E-state index contributed by atoms with van der Waals surface area (Å²) in [5.41, 5.74) is 1.10. The van der Waals surface area contributed by atoms with E-state index >= 15 is 0 Å². The van der Waals surface area contributed by atoms with E-state index in [-0.39, 0.29) is 0 Å². The van der Waals surface area contributed by atoms with E-state index in [2.05, 4.69) is 10.2 Å². The highest BCUT2D eigenvalue weighted by Gasteiger charge is 2.07. The minimum atomic E-state index is -0.963. The summed E-state index contributed by atoms with van der Waals surface area (Å²) in [5.74, 6) is -0.963. The van der Waals surface area contributed by atoms with E-state index in [1.807, 2.05) is 24.3 Å². The van der Waals surface area contributed by atoms with Crippen molar-refractivity contribution in [3.8, 4) is 0 Å². The van der Waals surface area contributed by atoms with E-state index in [0.29, 0.717) is 11.6 Å². The summed E-state index contributed by atoms with van der Waals surface area (Å²) >= 11 is 5.74. The Bertz CT molecular complexity index is 376. The minimum absolute atomic E-state index is 0.485. The standard InChI is InChI=1S/C11H13ClN2O2/c1-8(11(15)16)14-13-7-6-9-2-4-10(12)5-3-9/h2-5,8H,6-7H2,1H3,(H,15,16). The van der Waals surface area contributed by atoms with Crippen LogP contribution in [0.4, 0.5) is 0 Å². The molecule has 0 radical (unpaired) electrons. The molecule has 0 aliphatic heterocycles. The zero-order chi connectivity index (χ0) is 12.0. The van der Waals surface area contributed by atoms with Crippen molar-refractivity contribution >= 4 is 17.6 Å². The molecule has 0 heterocycles. The van der Waals surface area contributed by atoms with Gasteiger partial charge in [0.05, 0.1) is 6.54 Å². The van der Waals surface area contributed by atoms with Crippen molar-refractivity contribution in [2.45, 2.75) is 19.4 Å². The Hall–Kier alpha value is -1.42. The molecule has 0 amide bonds. The largest absolute Gasteiger partial charge is 0.480 e.